The highest BCUT2D eigenvalue weighted by Crippen LogP contribution is 2.12. The molecule has 0 aliphatic rings. The van der Waals surface area contributed by atoms with Crippen molar-refractivity contribution in [1.29, 1.82) is 0 Å². The average molecular weight is 406 g/mol. The molecule has 0 unspecified atom stereocenters. The van der Waals surface area contributed by atoms with Crippen LogP contribution in [0.2, 0.25) is 0 Å². The van der Waals surface area contributed by atoms with Crippen molar-refractivity contribution in [2.24, 2.45) is 4.99 Å². The van der Waals surface area contributed by atoms with E-state index in [2.05, 4.69) is 20.6 Å². The second-order valence-corrected chi connectivity index (χ2v) is 6.18. The molecule has 0 spiro atoms. The lowest BCUT2D eigenvalue weighted by molar-refractivity contribution is 0.0600. The van der Waals surface area contributed by atoms with E-state index >= 15 is 0 Å². The summed E-state index contributed by atoms with van der Waals surface area (Å²) >= 11 is 0. The normalized spacial score (nSPS) is 10.9. The first kappa shape index (κ1) is 20.7. The van der Waals surface area contributed by atoms with E-state index in [4.69, 9.17) is 4.74 Å². The minimum Gasteiger partial charge on any atom is -0.465 e. The minimum atomic E-state index is -0.482. The molecule has 0 aliphatic heterocycles. The number of hydrogen-bond acceptors (Lipinski definition) is 5. The molecule has 7 nitrogen and oxygen atoms in total. The molecule has 0 aliphatic carbocycles. The number of aliphatic imine (C=N–C) groups is 1. The highest BCUT2D eigenvalue weighted by atomic mass is 19.1. The fourth-order valence-electron chi connectivity index (χ4n) is 2.53. The summed E-state index contributed by atoms with van der Waals surface area (Å²) in [4.78, 5) is 32.7. The zero-order valence-electron chi connectivity index (χ0n) is 16.1. The highest BCUT2D eigenvalue weighted by Gasteiger charge is 2.11. The standard InChI is InChI=1S/C22H19FN4O3/c1-30-21(29)17-3-2-4-19(13-17)26-22(25-14-15-9-11-24-12-10-15)27-20(28)16-5-7-18(23)8-6-16/h2-13H,14H2,1H3,(H2,25,26,27,28). The van der Waals surface area contributed by atoms with Gasteiger partial charge in [0.1, 0.15) is 5.82 Å². The molecule has 152 valence electrons. The zero-order valence-corrected chi connectivity index (χ0v) is 16.1. The zero-order chi connectivity index (χ0) is 21.3. The second-order valence-electron chi connectivity index (χ2n) is 6.18. The molecule has 1 heterocycles. The van der Waals surface area contributed by atoms with E-state index in [0.29, 0.717) is 11.3 Å². The molecule has 3 rings (SSSR count). The van der Waals surface area contributed by atoms with E-state index in [1.165, 1.54) is 31.4 Å². The van der Waals surface area contributed by atoms with Crippen molar-refractivity contribution in [3.8, 4) is 0 Å². The van der Waals surface area contributed by atoms with Gasteiger partial charge in [-0.05, 0) is 60.2 Å². The molecule has 0 saturated carbocycles. The van der Waals surface area contributed by atoms with Gasteiger partial charge in [0.25, 0.3) is 5.91 Å². The Hall–Kier alpha value is -4.07. The molecule has 0 saturated heterocycles. The smallest absolute Gasteiger partial charge is 0.337 e. The van der Waals surface area contributed by atoms with Gasteiger partial charge in [-0.15, -0.1) is 0 Å². The van der Waals surface area contributed by atoms with Crippen molar-refractivity contribution >= 4 is 23.5 Å². The first-order valence-electron chi connectivity index (χ1n) is 9.01. The number of benzene rings is 2. The van der Waals surface area contributed by atoms with E-state index in [9.17, 15) is 14.0 Å². The molecule has 30 heavy (non-hydrogen) atoms. The average Bonchev–Trinajstić information content (AvgIpc) is 2.78. The summed E-state index contributed by atoms with van der Waals surface area (Å²) in [6.45, 7) is 0.283. The summed E-state index contributed by atoms with van der Waals surface area (Å²) in [6, 6.07) is 15.4. The Morgan fingerprint density at radius 3 is 2.47 bits per heavy atom. The summed E-state index contributed by atoms with van der Waals surface area (Å²) in [6.07, 6.45) is 3.30. The fourth-order valence-corrected chi connectivity index (χ4v) is 2.53. The number of pyridine rings is 1. The number of guanidine groups is 1. The number of methoxy groups -OCH3 is 1. The Morgan fingerprint density at radius 1 is 1.03 bits per heavy atom. The minimum absolute atomic E-state index is 0.170. The number of hydrogen-bond donors (Lipinski definition) is 2. The van der Waals surface area contributed by atoms with Crippen LogP contribution in [0, 0.1) is 5.82 Å². The van der Waals surface area contributed by atoms with Gasteiger partial charge in [0, 0.05) is 23.6 Å². The first-order chi connectivity index (χ1) is 14.5. The van der Waals surface area contributed by atoms with Gasteiger partial charge in [-0.25, -0.2) is 14.2 Å². The number of ether oxygens (including phenoxy) is 1. The molecule has 0 atom stereocenters. The summed E-state index contributed by atoms with van der Waals surface area (Å²) in [5, 5.41) is 5.68. The van der Waals surface area contributed by atoms with Crippen molar-refractivity contribution in [1.82, 2.24) is 10.3 Å². The van der Waals surface area contributed by atoms with Crippen LogP contribution in [-0.4, -0.2) is 29.9 Å². The predicted octanol–water partition coefficient (Wildman–Crippen LogP) is 3.41. The Morgan fingerprint density at radius 2 is 1.77 bits per heavy atom. The van der Waals surface area contributed by atoms with Crippen LogP contribution < -0.4 is 10.6 Å². The van der Waals surface area contributed by atoms with Crippen LogP contribution in [0.3, 0.4) is 0 Å². The monoisotopic (exact) mass is 406 g/mol. The molecule has 1 aromatic heterocycles. The van der Waals surface area contributed by atoms with Crippen LogP contribution in [0.5, 0.6) is 0 Å². The molecule has 1 amide bonds. The van der Waals surface area contributed by atoms with Crippen molar-refractivity contribution in [3.05, 3.63) is 95.6 Å². The second kappa shape index (κ2) is 9.92. The number of nitrogens with zero attached hydrogens (tertiary/aromatic N) is 2. The van der Waals surface area contributed by atoms with Crippen LogP contribution in [0.15, 0.2) is 78.0 Å². The van der Waals surface area contributed by atoms with Gasteiger partial charge in [-0.3, -0.25) is 15.1 Å². The number of aromatic nitrogens is 1. The third-order valence-corrected chi connectivity index (χ3v) is 4.05. The van der Waals surface area contributed by atoms with Gasteiger partial charge in [-0.1, -0.05) is 6.07 Å². The van der Waals surface area contributed by atoms with Crippen LogP contribution in [0.25, 0.3) is 0 Å². The number of carbonyl (C=O) groups is 2. The maximum absolute atomic E-state index is 13.1. The predicted molar refractivity (Wildman–Crippen MR) is 111 cm³/mol. The lowest BCUT2D eigenvalue weighted by atomic mass is 10.2. The van der Waals surface area contributed by atoms with E-state index in [0.717, 1.165) is 5.56 Å². The van der Waals surface area contributed by atoms with Gasteiger partial charge >= 0.3 is 5.97 Å². The Bertz CT molecular complexity index is 1050. The highest BCUT2D eigenvalue weighted by molar-refractivity contribution is 6.10. The van der Waals surface area contributed by atoms with E-state index < -0.39 is 17.7 Å². The van der Waals surface area contributed by atoms with E-state index in [1.54, 1.807) is 48.8 Å². The van der Waals surface area contributed by atoms with Gasteiger partial charge in [0.05, 0.1) is 19.2 Å². The number of halogens is 1. The van der Waals surface area contributed by atoms with E-state index in [1.807, 2.05) is 0 Å². The van der Waals surface area contributed by atoms with Crippen LogP contribution >= 0.6 is 0 Å². The molecule has 0 fully saturated rings. The Kier molecular flexibility index (Phi) is 6.83. The maximum Gasteiger partial charge on any atom is 0.337 e. The molecule has 2 aromatic carbocycles. The fraction of sp³-hybridized carbons (Fsp3) is 0.0909. The van der Waals surface area contributed by atoms with Crippen LogP contribution in [0.1, 0.15) is 26.3 Å². The molecule has 2 N–H and O–H groups in total. The summed E-state index contributed by atoms with van der Waals surface area (Å²) < 4.78 is 17.9. The van der Waals surface area contributed by atoms with Gasteiger partial charge in [0.15, 0.2) is 0 Å². The maximum atomic E-state index is 13.1. The van der Waals surface area contributed by atoms with E-state index in [-0.39, 0.29) is 18.1 Å². The lowest BCUT2D eigenvalue weighted by Gasteiger charge is -2.13. The third-order valence-electron chi connectivity index (χ3n) is 4.05. The number of rotatable bonds is 5. The number of carbonyl (C=O) groups excluding carboxylic acids is 2. The lowest BCUT2D eigenvalue weighted by Crippen LogP contribution is -2.36. The number of anilines is 1. The third kappa shape index (κ3) is 5.71. The number of esters is 1. The molecular formula is C22H19FN4O3. The van der Waals surface area contributed by atoms with Crippen LogP contribution in [0.4, 0.5) is 10.1 Å². The van der Waals surface area contributed by atoms with Gasteiger partial charge in [0.2, 0.25) is 5.96 Å². The largest absolute Gasteiger partial charge is 0.465 e. The Labute approximate surface area is 172 Å². The SMILES string of the molecule is COC(=O)c1cccc(NC(=NCc2ccncc2)NC(=O)c2ccc(F)cc2)c1. The van der Waals surface area contributed by atoms with Gasteiger partial charge in [-0.2, -0.15) is 0 Å². The quantitative estimate of drug-likeness (QED) is 0.385. The van der Waals surface area contributed by atoms with Gasteiger partial charge < -0.3 is 10.1 Å². The summed E-state index contributed by atoms with van der Waals surface area (Å²) in [5.41, 5.74) is 2.05. The van der Waals surface area contributed by atoms with Crippen molar-refractivity contribution in [2.45, 2.75) is 6.54 Å². The van der Waals surface area contributed by atoms with Crippen LogP contribution in [-0.2, 0) is 11.3 Å². The summed E-state index contributed by atoms with van der Waals surface area (Å²) in [5.74, 6) is -1.21. The number of nitrogens with one attached hydrogen (secondary N) is 2. The first-order valence-corrected chi connectivity index (χ1v) is 9.01. The topological polar surface area (TPSA) is 92.7 Å². The van der Waals surface area contributed by atoms with Crippen molar-refractivity contribution in [2.75, 3.05) is 12.4 Å². The number of amides is 1. The molecule has 0 bridgehead atoms. The molecule has 8 heteroatoms. The molecular weight excluding hydrogens is 387 g/mol. The Balaban J connectivity index is 1.82. The molecule has 3 aromatic rings. The molecule has 0 radical (unpaired) electrons. The van der Waals surface area contributed by atoms with Crippen molar-refractivity contribution in [3.63, 3.8) is 0 Å². The van der Waals surface area contributed by atoms with Crippen molar-refractivity contribution < 1.29 is 18.7 Å². The summed E-state index contributed by atoms with van der Waals surface area (Å²) in [7, 11) is 1.30.